The van der Waals surface area contributed by atoms with Gasteiger partial charge in [0.25, 0.3) is 0 Å². The highest BCUT2D eigenvalue weighted by Gasteiger charge is 2.01. The average molecular weight is 182 g/mol. The maximum absolute atomic E-state index is 10.8. The van der Waals surface area contributed by atoms with Gasteiger partial charge in [-0.3, -0.25) is 4.79 Å². The average Bonchev–Trinajstić information content (AvgIpc) is 2.10. The zero-order chi connectivity index (χ0) is 10.3. The number of nitrogens with zero attached hydrogens (tertiary/aromatic N) is 1. The highest BCUT2D eigenvalue weighted by atomic mass is 16.4. The van der Waals surface area contributed by atoms with Crippen LogP contribution in [0.25, 0.3) is 0 Å². The highest BCUT2D eigenvalue weighted by molar-refractivity contribution is 5.93. The van der Waals surface area contributed by atoms with Gasteiger partial charge in [-0.2, -0.15) is 5.26 Å². The predicted molar refractivity (Wildman–Crippen MR) is 44.6 cm³/mol. The van der Waals surface area contributed by atoms with Gasteiger partial charge in [-0.1, -0.05) is 0 Å². The zero-order valence-electron chi connectivity index (χ0n) is 7.15. The quantitative estimate of drug-likeness (QED) is 0.594. The molecule has 0 rings (SSSR count). The van der Waals surface area contributed by atoms with Crippen molar-refractivity contribution < 1.29 is 14.7 Å². The Balaban J connectivity index is 3.77. The molecule has 5 heteroatoms. The van der Waals surface area contributed by atoms with Crippen molar-refractivity contribution in [3.63, 3.8) is 0 Å². The van der Waals surface area contributed by atoms with Crippen molar-refractivity contribution in [1.29, 1.82) is 5.26 Å². The third-order valence-corrected chi connectivity index (χ3v) is 1.18. The first-order valence-corrected chi connectivity index (χ1v) is 3.64. The van der Waals surface area contributed by atoms with Crippen LogP contribution in [0, 0.1) is 17.2 Å². The van der Waals surface area contributed by atoms with Crippen LogP contribution in [0.1, 0.15) is 6.92 Å². The van der Waals surface area contributed by atoms with E-state index in [9.17, 15) is 9.59 Å². The molecular weight excluding hydrogens is 172 g/mol. The van der Waals surface area contributed by atoms with Gasteiger partial charge < -0.3 is 10.4 Å². The molecule has 0 bridgehead atoms. The molecule has 0 saturated heterocycles. The van der Waals surface area contributed by atoms with Crippen LogP contribution >= 0.6 is 0 Å². The standard InChI is InChI=1S/C8H10N2O3/c1-6(4-9)5-10-7(11)2-3-8(12)13/h2-3,6H,5H2,1H3,(H,10,11)(H,12,13). The third kappa shape index (κ3) is 6.56. The summed E-state index contributed by atoms with van der Waals surface area (Å²) < 4.78 is 0. The number of carbonyl (C=O) groups is 2. The number of rotatable bonds is 4. The Kier molecular flexibility index (Phi) is 4.96. The van der Waals surface area contributed by atoms with E-state index in [4.69, 9.17) is 10.4 Å². The number of carboxylic acid groups (broad SMARTS) is 1. The Hall–Kier alpha value is -1.83. The van der Waals surface area contributed by atoms with E-state index >= 15 is 0 Å². The van der Waals surface area contributed by atoms with E-state index in [0.29, 0.717) is 0 Å². The summed E-state index contributed by atoms with van der Waals surface area (Å²) in [5.41, 5.74) is 0. The van der Waals surface area contributed by atoms with Gasteiger partial charge in [0.15, 0.2) is 0 Å². The summed E-state index contributed by atoms with van der Waals surface area (Å²) in [4.78, 5) is 20.8. The zero-order valence-corrected chi connectivity index (χ0v) is 7.15. The highest BCUT2D eigenvalue weighted by Crippen LogP contribution is 1.87. The summed E-state index contributed by atoms with van der Waals surface area (Å²) in [6, 6.07) is 1.93. The largest absolute Gasteiger partial charge is 0.478 e. The van der Waals surface area contributed by atoms with Crippen molar-refractivity contribution in [2.24, 2.45) is 5.92 Å². The van der Waals surface area contributed by atoms with Gasteiger partial charge in [0.1, 0.15) is 0 Å². The van der Waals surface area contributed by atoms with Crippen LogP contribution in [0.5, 0.6) is 0 Å². The molecule has 0 saturated carbocycles. The molecule has 2 N–H and O–H groups in total. The molecule has 70 valence electrons. The lowest BCUT2D eigenvalue weighted by Crippen LogP contribution is -2.26. The second kappa shape index (κ2) is 5.77. The molecule has 5 nitrogen and oxygen atoms in total. The summed E-state index contributed by atoms with van der Waals surface area (Å²) in [6.45, 7) is 1.88. The van der Waals surface area contributed by atoms with E-state index in [1.807, 2.05) is 6.07 Å². The van der Waals surface area contributed by atoms with Gasteiger partial charge in [0.05, 0.1) is 12.0 Å². The van der Waals surface area contributed by atoms with E-state index in [1.165, 1.54) is 0 Å². The lowest BCUT2D eigenvalue weighted by atomic mass is 10.2. The van der Waals surface area contributed by atoms with Crippen LogP contribution in [0.3, 0.4) is 0 Å². The van der Waals surface area contributed by atoms with Crippen molar-refractivity contribution >= 4 is 11.9 Å². The van der Waals surface area contributed by atoms with Gasteiger partial charge in [-0.05, 0) is 6.92 Å². The maximum Gasteiger partial charge on any atom is 0.328 e. The van der Waals surface area contributed by atoms with Crippen LogP contribution in [-0.4, -0.2) is 23.5 Å². The van der Waals surface area contributed by atoms with Gasteiger partial charge in [-0.15, -0.1) is 0 Å². The Labute approximate surface area is 75.7 Å². The van der Waals surface area contributed by atoms with Crippen molar-refractivity contribution in [1.82, 2.24) is 5.32 Å². The molecule has 0 radical (unpaired) electrons. The van der Waals surface area contributed by atoms with Crippen LogP contribution in [0.2, 0.25) is 0 Å². The summed E-state index contributed by atoms with van der Waals surface area (Å²) in [7, 11) is 0. The topological polar surface area (TPSA) is 90.2 Å². The predicted octanol–water partition coefficient (Wildman–Crippen LogP) is -0.0969. The first kappa shape index (κ1) is 11.2. The molecule has 0 aliphatic carbocycles. The normalized spacial score (nSPS) is 12.0. The molecule has 0 fully saturated rings. The number of amides is 1. The molecule has 0 aromatic rings. The van der Waals surface area contributed by atoms with Crippen LogP contribution in [0.4, 0.5) is 0 Å². The van der Waals surface area contributed by atoms with Crippen molar-refractivity contribution in [3.8, 4) is 6.07 Å². The van der Waals surface area contributed by atoms with Crippen molar-refractivity contribution in [2.75, 3.05) is 6.54 Å². The number of aliphatic carboxylic acids is 1. The second-order valence-corrected chi connectivity index (χ2v) is 2.45. The van der Waals surface area contributed by atoms with E-state index in [-0.39, 0.29) is 12.5 Å². The molecule has 1 unspecified atom stereocenters. The summed E-state index contributed by atoms with van der Waals surface area (Å²) >= 11 is 0. The first-order valence-electron chi connectivity index (χ1n) is 3.64. The summed E-state index contributed by atoms with van der Waals surface area (Å²) in [5.74, 6) is -1.96. The summed E-state index contributed by atoms with van der Waals surface area (Å²) in [5, 5.41) is 18.9. The Morgan fingerprint density at radius 1 is 1.62 bits per heavy atom. The number of nitrogens with one attached hydrogen (secondary N) is 1. The first-order chi connectivity index (χ1) is 6.06. The Morgan fingerprint density at radius 2 is 2.23 bits per heavy atom. The third-order valence-electron chi connectivity index (χ3n) is 1.18. The molecule has 0 aliphatic rings. The maximum atomic E-state index is 10.8. The fourth-order valence-corrected chi connectivity index (χ4v) is 0.505. The van der Waals surface area contributed by atoms with Gasteiger partial charge >= 0.3 is 5.97 Å². The van der Waals surface area contributed by atoms with E-state index in [0.717, 1.165) is 12.2 Å². The van der Waals surface area contributed by atoms with Crippen LogP contribution < -0.4 is 5.32 Å². The lowest BCUT2D eigenvalue weighted by Gasteiger charge is -2.01. The summed E-state index contributed by atoms with van der Waals surface area (Å²) in [6.07, 6.45) is 1.65. The van der Waals surface area contributed by atoms with Crippen LogP contribution in [-0.2, 0) is 9.59 Å². The SMILES string of the molecule is CC(C#N)CNC(=O)C=CC(=O)O. The molecule has 13 heavy (non-hydrogen) atoms. The van der Waals surface area contributed by atoms with E-state index in [2.05, 4.69) is 5.32 Å². The minimum absolute atomic E-state index is 0.222. The van der Waals surface area contributed by atoms with Gasteiger partial charge in [0, 0.05) is 18.7 Å². The molecule has 0 spiro atoms. The molecule has 0 heterocycles. The fourth-order valence-electron chi connectivity index (χ4n) is 0.505. The number of hydrogen-bond acceptors (Lipinski definition) is 3. The monoisotopic (exact) mass is 182 g/mol. The molecule has 1 amide bonds. The smallest absolute Gasteiger partial charge is 0.328 e. The van der Waals surface area contributed by atoms with Gasteiger partial charge in [-0.25, -0.2) is 4.79 Å². The number of nitriles is 1. The molecule has 1 atom stereocenters. The fraction of sp³-hybridized carbons (Fsp3) is 0.375. The second-order valence-electron chi connectivity index (χ2n) is 2.45. The molecular formula is C8H10N2O3. The molecule has 0 aliphatic heterocycles. The Morgan fingerprint density at radius 3 is 2.69 bits per heavy atom. The van der Waals surface area contributed by atoms with Crippen LogP contribution in [0.15, 0.2) is 12.2 Å². The number of hydrogen-bond donors (Lipinski definition) is 2. The number of carboxylic acids is 1. The lowest BCUT2D eigenvalue weighted by molar-refractivity contribution is -0.131. The van der Waals surface area contributed by atoms with Crippen molar-refractivity contribution in [2.45, 2.75) is 6.92 Å². The molecule has 0 aromatic heterocycles. The minimum atomic E-state index is -1.18. The van der Waals surface area contributed by atoms with Gasteiger partial charge in [0.2, 0.25) is 5.91 Å². The Bertz CT molecular complexity index is 265. The van der Waals surface area contributed by atoms with E-state index in [1.54, 1.807) is 6.92 Å². The molecule has 0 aromatic carbocycles. The minimum Gasteiger partial charge on any atom is -0.478 e. The van der Waals surface area contributed by atoms with Crippen molar-refractivity contribution in [3.05, 3.63) is 12.2 Å². The van der Waals surface area contributed by atoms with E-state index < -0.39 is 11.9 Å². The number of carbonyl (C=O) groups excluding carboxylic acids is 1.